The van der Waals surface area contributed by atoms with Crippen molar-refractivity contribution >= 4 is 11.9 Å². The van der Waals surface area contributed by atoms with Crippen LogP contribution in [0.1, 0.15) is 18.4 Å². The average molecular weight is 343 g/mol. The summed E-state index contributed by atoms with van der Waals surface area (Å²) in [4.78, 5) is 21.5. The summed E-state index contributed by atoms with van der Waals surface area (Å²) in [6, 6.07) is 5.54. The van der Waals surface area contributed by atoms with Gasteiger partial charge in [-0.2, -0.15) is 0 Å². The zero-order chi connectivity index (χ0) is 17.8. The van der Waals surface area contributed by atoms with Crippen molar-refractivity contribution in [1.29, 1.82) is 0 Å². The molecule has 0 amide bonds. The summed E-state index contributed by atoms with van der Waals surface area (Å²) >= 11 is 0. The summed E-state index contributed by atoms with van der Waals surface area (Å²) in [5.41, 5.74) is 2.54. The van der Waals surface area contributed by atoms with E-state index in [9.17, 15) is 9.90 Å². The summed E-state index contributed by atoms with van der Waals surface area (Å²) < 4.78 is 5.37. The fourth-order valence-corrected chi connectivity index (χ4v) is 2.89. The minimum Gasteiger partial charge on any atom is -0.481 e. The van der Waals surface area contributed by atoms with E-state index in [-0.39, 0.29) is 6.10 Å². The normalized spacial score (nSPS) is 17.4. The van der Waals surface area contributed by atoms with Gasteiger partial charge in [0, 0.05) is 36.6 Å². The van der Waals surface area contributed by atoms with Crippen molar-refractivity contribution in [3.63, 3.8) is 0 Å². The van der Waals surface area contributed by atoms with E-state index in [1.807, 2.05) is 24.0 Å². The van der Waals surface area contributed by atoms with Crippen LogP contribution < -0.4 is 9.64 Å². The molecule has 1 aliphatic heterocycles. The molecule has 0 bridgehead atoms. The predicted octanol–water partition coefficient (Wildman–Crippen LogP) is 1.88. The van der Waals surface area contributed by atoms with Crippen molar-refractivity contribution in [2.24, 2.45) is 0 Å². The number of β-amino-alcohol motifs (C(OH)–C–C–N with tert-alkyl or cyclic N) is 1. The molecule has 1 saturated heterocycles. The lowest BCUT2D eigenvalue weighted by atomic mass is 10.1. The highest BCUT2D eigenvalue weighted by atomic mass is 16.5. The van der Waals surface area contributed by atoms with Gasteiger partial charge in [0.05, 0.1) is 6.10 Å². The van der Waals surface area contributed by atoms with E-state index in [2.05, 4.69) is 9.97 Å². The van der Waals surface area contributed by atoms with Crippen molar-refractivity contribution in [3.8, 4) is 16.9 Å². The lowest BCUT2D eigenvalue weighted by molar-refractivity contribution is -0.139. The number of nitrogens with zero attached hydrogens (tertiary/aromatic N) is 3. The molecule has 0 radical (unpaired) electrons. The first-order valence-electron chi connectivity index (χ1n) is 8.23. The van der Waals surface area contributed by atoms with Gasteiger partial charge in [-0.3, -0.25) is 0 Å². The van der Waals surface area contributed by atoms with E-state index >= 15 is 0 Å². The van der Waals surface area contributed by atoms with Crippen molar-refractivity contribution in [3.05, 3.63) is 36.2 Å². The zero-order valence-corrected chi connectivity index (χ0v) is 14.1. The highest BCUT2D eigenvalue weighted by Crippen LogP contribution is 2.31. The second-order valence-corrected chi connectivity index (χ2v) is 6.20. The van der Waals surface area contributed by atoms with Gasteiger partial charge in [0.1, 0.15) is 5.75 Å². The number of aryl methyl sites for hydroxylation is 1. The van der Waals surface area contributed by atoms with Gasteiger partial charge >= 0.3 is 5.97 Å². The molecule has 2 heterocycles. The zero-order valence-electron chi connectivity index (χ0n) is 14.1. The Labute approximate surface area is 145 Å². The molecule has 2 aromatic rings. The van der Waals surface area contributed by atoms with Crippen LogP contribution in [0.15, 0.2) is 30.6 Å². The van der Waals surface area contributed by atoms with Crippen LogP contribution in [0, 0.1) is 6.92 Å². The Morgan fingerprint density at radius 2 is 2.12 bits per heavy atom. The molecule has 7 heteroatoms. The topological polar surface area (TPSA) is 95.8 Å². The van der Waals surface area contributed by atoms with Crippen LogP contribution in [-0.4, -0.2) is 52.0 Å². The van der Waals surface area contributed by atoms with E-state index < -0.39 is 12.6 Å². The van der Waals surface area contributed by atoms with Crippen LogP contribution >= 0.6 is 0 Å². The van der Waals surface area contributed by atoms with Gasteiger partial charge in [0.25, 0.3) is 0 Å². The van der Waals surface area contributed by atoms with Gasteiger partial charge in [-0.1, -0.05) is 11.6 Å². The van der Waals surface area contributed by atoms with Gasteiger partial charge in [0.2, 0.25) is 5.95 Å². The number of aliphatic hydroxyl groups is 1. The highest BCUT2D eigenvalue weighted by Gasteiger charge is 2.20. The van der Waals surface area contributed by atoms with Crippen LogP contribution in [0.5, 0.6) is 5.75 Å². The monoisotopic (exact) mass is 343 g/mol. The van der Waals surface area contributed by atoms with Gasteiger partial charge in [-0.25, -0.2) is 14.8 Å². The molecule has 0 saturated carbocycles. The number of aliphatic hydroxyl groups excluding tert-OH is 1. The third-order valence-electron chi connectivity index (χ3n) is 4.11. The van der Waals surface area contributed by atoms with E-state index in [1.54, 1.807) is 18.5 Å². The summed E-state index contributed by atoms with van der Waals surface area (Å²) in [5, 5.41) is 18.6. The Kier molecular flexibility index (Phi) is 5.14. The summed E-state index contributed by atoms with van der Waals surface area (Å²) in [6.45, 7) is 2.92. The molecule has 1 fully saturated rings. The lowest BCUT2D eigenvalue weighted by Crippen LogP contribution is -2.39. The first kappa shape index (κ1) is 17.2. The van der Waals surface area contributed by atoms with Gasteiger partial charge in [-0.15, -0.1) is 0 Å². The molecule has 0 spiro atoms. The second kappa shape index (κ2) is 7.48. The first-order valence-corrected chi connectivity index (χ1v) is 8.23. The van der Waals surface area contributed by atoms with Crippen molar-refractivity contribution in [2.45, 2.75) is 25.9 Å². The largest absolute Gasteiger partial charge is 0.481 e. The number of carboxylic acid groups (broad SMARTS) is 1. The van der Waals surface area contributed by atoms with E-state index in [0.717, 1.165) is 36.1 Å². The molecule has 1 aliphatic rings. The number of hydrogen-bond acceptors (Lipinski definition) is 6. The molecule has 1 unspecified atom stereocenters. The Morgan fingerprint density at radius 3 is 2.80 bits per heavy atom. The number of carbonyl (C=O) groups is 1. The van der Waals surface area contributed by atoms with Crippen LogP contribution in [0.3, 0.4) is 0 Å². The maximum atomic E-state index is 10.8. The molecule has 1 atom stereocenters. The quantitative estimate of drug-likeness (QED) is 0.855. The van der Waals surface area contributed by atoms with Gasteiger partial charge in [0.15, 0.2) is 6.61 Å². The van der Waals surface area contributed by atoms with Crippen molar-refractivity contribution in [1.82, 2.24) is 9.97 Å². The number of hydrogen-bond donors (Lipinski definition) is 2. The van der Waals surface area contributed by atoms with Crippen molar-refractivity contribution < 1.29 is 19.7 Å². The van der Waals surface area contributed by atoms with E-state index in [0.29, 0.717) is 18.2 Å². The predicted molar refractivity (Wildman–Crippen MR) is 92.8 cm³/mol. The average Bonchev–Trinajstić information content (AvgIpc) is 2.60. The van der Waals surface area contributed by atoms with Crippen LogP contribution in [0.25, 0.3) is 11.1 Å². The molecule has 2 N–H and O–H groups in total. The fourth-order valence-electron chi connectivity index (χ4n) is 2.89. The van der Waals surface area contributed by atoms with E-state index in [1.165, 1.54) is 0 Å². The Balaban J connectivity index is 1.84. The summed E-state index contributed by atoms with van der Waals surface area (Å²) in [6.07, 6.45) is 4.78. The number of anilines is 1. The number of aliphatic carboxylic acids is 1. The Hall–Kier alpha value is -2.67. The minimum absolute atomic E-state index is 0.343. The van der Waals surface area contributed by atoms with Crippen LogP contribution in [0.4, 0.5) is 5.95 Å². The SMILES string of the molecule is Cc1ccc(OCC(=O)O)c(-c2cnc(N3CCCC(O)C3)nc2)c1. The molecular formula is C18H21N3O4. The molecular weight excluding hydrogens is 322 g/mol. The number of piperidine rings is 1. The molecule has 1 aromatic carbocycles. The summed E-state index contributed by atoms with van der Waals surface area (Å²) in [7, 11) is 0. The third-order valence-corrected chi connectivity index (χ3v) is 4.11. The Bertz CT molecular complexity index is 748. The number of carboxylic acids is 1. The first-order chi connectivity index (χ1) is 12.0. The summed E-state index contributed by atoms with van der Waals surface area (Å²) in [5.74, 6) is 0.0441. The second-order valence-electron chi connectivity index (χ2n) is 6.20. The van der Waals surface area contributed by atoms with Crippen molar-refractivity contribution in [2.75, 3.05) is 24.6 Å². The maximum Gasteiger partial charge on any atom is 0.341 e. The molecule has 3 rings (SSSR count). The van der Waals surface area contributed by atoms with Crippen LogP contribution in [-0.2, 0) is 4.79 Å². The highest BCUT2D eigenvalue weighted by molar-refractivity contribution is 5.72. The van der Waals surface area contributed by atoms with Crippen LogP contribution in [0.2, 0.25) is 0 Å². The number of ether oxygens (including phenoxy) is 1. The minimum atomic E-state index is -1.03. The fraction of sp³-hybridized carbons (Fsp3) is 0.389. The molecule has 7 nitrogen and oxygen atoms in total. The standard InChI is InChI=1S/C18H21N3O4/c1-12-4-5-16(25-11-17(23)24)15(7-12)13-8-19-18(20-9-13)21-6-2-3-14(22)10-21/h4-5,7-9,14,22H,2-3,6,10-11H2,1H3,(H,23,24). The Morgan fingerprint density at radius 1 is 1.36 bits per heavy atom. The number of aromatic nitrogens is 2. The lowest BCUT2D eigenvalue weighted by Gasteiger charge is -2.29. The number of benzene rings is 1. The molecule has 1 aromatic heterocycles. The molecule has 132 valence electrons. The number of rotatable bonds is 5. The maximum absolute atomic E-state index is 10.8. The molecule has 25 heavy (non-hydrogen) atoms. The van der Waals surface area contributed by atoms with Gasteiger partial charge in [-0.05, 0) is 31.9 Å². The van der Waals surface area contributed by atoms with E-state index in [4.69, 9.17) is 9.84 Å². The van der Waals surface area contributed by atoms with Gasteiger partial charge < -0.3 is 19.8 Å². The smallest absolute Gasteiger partial charge is 0.341 e. The third kappa shape index (κ3) is 4.24. The molecule has 0 aliphatic carbocycles.